The highest BCUT2D eigenvalue weighted by atomic mass is 35.5. The maximum atomic E-state index is 11.6. The van der Waals surface area contributed by atoms with E-state index >= 15 is 0 Å². The molecule has 0 atom stereocenters. The van der Waals surface area contributed by atoms with E-state index in [1.165, 1.54) is 0 Å². The molecule has 0 fully saturated rings. The molecule has 0 heterocycles. The van der Waals surface area contributed by atoms with E-state index in [9.17, 15) is 13.6 Å². The molecule has 0 bridgehead atoms. The van der Waals surface area contributed by atoms with Crippen LogP contribution in [-0.2, 0) is 16.1 Å². The van der Waals surface area contributed by atoms with E-state index in [0.717, 1.165) is 12.0 Å². The summed E-state index contributed by atoms with van der Waals surface area (Å²) >= 11 is 5.75. The fraction of sp³-hybridized carbons (Fsp3) is 0.273. The van der Waals surface area contributed by atoms with E-state index in [0.29, 0.717) is 5.02 Å². The van der Waals surface area contributed by atoms with Crippen molar-refractivity contribution in [2.75, 3.05) is 6.61 Å². The first kappa shape index (κ1) is 13.9. The van der Waals surface area contributed by atoms with Crippen molar-refractivity contribution in [2.45, 2.75) is 13.2 Å². The highest BCUT2D eigenvalue weighted by Crippen LogP contribution is 2.10. The van der Waals surface area contributed by atoms with Gasteiger partial charge in [-0.3, -0.25) is 4.79 Å². The van der Waals surface area contributed by atoms with Crippen molar-refractivity contribution in [3.8, 4) is 0 Å². The summed E-state index contributed by atoms with van der Waals surface area (Å²) in [6.45, 7) is -3.00. The van der Waals surface area contributed by atoms with Gasteiger partial charge in [0.25, 0.3) is 0 Å². The number of nitrogens with one attached hydrogen (secondary N) is 1. The van der Waals surface area contributed by atoms with Crippen molar-refractivity contribution in [3.05, 3.63) is 41.3 Å². The van der Waals surface area contributed by atoms with Crippen molar-refractivity contribution < 1.29 is 18.3 Å². The van der Waals surface area contributed by atoms with Crippen molar-refractivity contribution >= 4 is 17.5 Å². The molecule has 0 saturated carbocycles. The molecule has 17 heavy (non-hydrogen) atoms. The van der Waals surface area contributed by atoms with Crippen LogP contribution >= 0.6 is 11.6 Å². The van der Waals surface area contributed by atoms with Gasteiger partial charge in [0.1, 0.15) is 0 Å². The lowest BCUT2D eigenvalue weighted by atomic mass is 10.2. The first-order chi connectivity index (χ1) is 8.08. The summed E-state index contributed by atoms with van der Waals surface area (Å²) < 4.78 is 27.1. The lowest BCUT2D eigenvalue weighted by Gasteiger charge is -2.05. The van der Waals surface area contributed by atoms with Gasteiger partial charge in [0, 0.05) is 11.6 Å². The summed E-state index contributed by atoms with van der Waals surface area (Å²) in [4.78, 5) is 11.2. The molecule has 0 aliphatic carbocycles. The third kappa shape index (κ3) is 6.19. The zero-order valence-electron chi connectivity index (χ0n) is 8.83. The predicted molar refractivity (Wildman–Crippen MR) is 59.6 cm³/mol. The highest BCUT2D eigenvalue weighted by Gasteiger charge is 2.06. The van der Waals surface area contributed by atoms with Crippen LogP contribution in [0.4, 0.5) is 8.78 Å². The van der Waals surface area contributed by atoms with Gasteiger partial charge in [-0.25, -0.2) is 0 Å². The number of hydrogen-bond donors (Lipinski definition) is 1. The average Bonchev–Trinajstić information content (AvgIpc) is 2.26. The molecular formula is C11H11ClF2NO2. The Balaban J connectivity index is 2.24. The molecule has 1 rings (SSSR count). The quantitative estimate of drug-likeness (QED) is 0.855. The first-order valence-electron chi connectivity index (χ1n) is 4.83. The Morgan fingerprint density at radius 3 is 2.94 bits per heavy atom. The predicted octanol–water partition coefficient (Wildman–Crippen LogP) is 2.40. The van der Waals surface area contributed by atoms with Gasteiger partial charge < -0.3 is 10.1 Å². The molecule has 6 heteroatoms. The Labute approximate surface area is 103 Å². The van der Waals surface area contributed by atoms with Gasteiger partial charge in [-0.2, -0.15) is 8.78 Å². The third-order valence-electron chi connectivity index (χ3n) is 1.85. The van der Waals surface area contributed by atoms with Crippen LogP contribution in [0.5, 0.6) is 0 Å². The molecule has 3 nitrogen and oxygen atoms in total. The van der Waals surface area contributed by atoms with Crippen LogP contribution in [0.3, 0.4) is 0 Å². The van der Waals surface area contributed by atoms with Gasteiger partial charge in [0.15, 0.2) is 0 Å². The Morgan fingerprint density at radius 2 is 2.29 bits per heavy atom. The number of benzene rings is 1. The molecule has 0 aliphatic heterocycles. The minimum atomic E-state index is -2.87. The van der Waals surface area contributed by atoms with E-state index in [1.54, 1.807) is 24.3 Å². The fourth-order valence-electron chi connectivity index (χ4n) is 1.10. The standard InChI is InChI=1S/C11H11ClF2NO2/c12-9-3-1-2-8(6-9)7-15-10(16)4-5-17-11(13)14/h1-4,6,11H,5,7H2,(H,15,16). The van der Waals surface area contributed by atoms with E-state index in [1.807, 2.05) is 0 Å². The van der Waals surface area contributed by atoms with E-state index in [-0.39, 0.29) is 6.54 Å². The normalized spacial score (nSPS) is 10.6. The van der Waals surface area contributed by atoms with E-state index in [4.69, 9.17) is 11.6 Å². The molecule has 1 radical (unpaired) electrons. The number of halogens is 3. The molecule has 1 amide bonds. The maximum Gasteiger partial charge on any atom is 0.345 e. The summed E-state index contributed by atoms with van der Waals surface area (Å²) in [6.07, 6.45) is 1.01. The lowest BCUT2D eigenvalue weighted by Crippen LogP contribution is -2.24. The SMILES string of the molecule is O=C([CH]COC(F)F)NCc1cccc(Cl)c1. The first-order valence-corrected chi connectivity index (χ1v) is 5.21. The van der Waals surface area contributed by atoms with E-state index in [2.05, 4.69) is 10.1 Å². The topological polar surface area (TPSA) is 38.3 Å². The average molecular weight is 263 g/mol. The number of carbonyl (C=O) groups is 1. The zero-order valence-corrected chi connectivity index (χ0v) is 9.58. The fourth-order valence-corrected chi connectivity index (χ4v) is 1.32. The van der Waals surface area contributed by atoms with Crippen LogP contribution in [0.1, 0.15) is 5.56 Å². The second kappa shape index (κ2) is 7.19. The summed E-state index contributed by atoms with van der Waals surface area (Å²) in [5.74, 6) is -0.467. The van der Waals surface area contributed by atoms with Crippen molar-refractivity contribution in [2.24, 2.45) is 0 Å². The minimum absolute atomic E-state index is 0.282. The number of rotatable bonds is 6. The molecular weight excluding hydrogens is 252 g/mol. The minimum Gasteiger partial charge on any atom is -0.352 e. The molecule has 1 N–H and O–H groups in total. The lowest BCUT2D eigenvalue weighted by molar-refractivity contribution is -0.130. The Morgan fingerprint density at radius 1 is 1.53 bits per heavy atom. The van der Waals surface area contributed by atoms with Gasteiger partial charge in [-0.05, 0) is 17.7 Å². The smallest absolute Gasteiger partial charge is 0.345 e. The highest BCUT2D eigenvalue weighted by molar-refractivity contribution is 6.30. The molecule has 0 saturated heterocycles. The summed E-state index contributed by atoms with van der Waals surface area (Å²) in [6, 6.07) is 6.97. The third-order valence-corrected chi connectivity index (χ3v) is 2.08. The Bertz CT molecular complexity index is 374. The van der Waals surface area contributed by atoms with Crippen LogP contribution in [-0.4, -0.2) is 19.1 Å². The summed E-state index contributed by atoms with van der Waals surface area (Å²) in [5.41, 5.74) is 0.828. The van der Waals surface area contributed by atoms with Crippen molar-refractivity contribution in [1.29, 1.82) is 0 Å². The molecule has 0 unspecified atom stereocenters. The number of hydrogen-bond acceptors (Lipinski definition) is 2. The number of amides is 1. The molecule has 0 spiro atoms. The summed E-state index contributed by atoms with van der Waals surface area (Å²) in [5, 5.41) is 3.09. The second-order valence-corrected chi connectivity index (χ2v) is 3.58. The molecule has 1 aromatic carbocycles. The van der Waals surface area contributed by atoms with Crippen LogP contribution in [0.2, 0.25) is 5.02 Å². The Kier molecular flexibility index (Phi) is 5.86. The van der Waals surface area contributed by atoms with Crippen LogP contribution < -0.4 is 5.32 Å². The van der Waals surface area contributed by atoms with Crippen molar-refractivity contribution in [1.82, 2.24) is 5.32 Å². The monoisotopic (exact) mass is 262 g/mol. The van der Waals surface area contributed by atoms with Gasteiger partial charge in [-0.15, -0.1) is 0 Å². The van der Waals surface area contributed by atoms with Gasteiger partial charge in [0.2, 0.25) is 5.91 Å². The Hall–Kier alpha value is -1.20. The zero-order chi connectivity index (χ0) is 12.7. The maximum absolute atomic E-state index is 11.6. The summed E-state index contributed by atoms with van der Waals surface area (Å²) in [7, 11) is 0. The van der Waals surface area contributed by atoms with Crippen molar-refractivity contribution in [3.63, 3.8) is 0 Å². The second-order valence-electron chi connectivity index (χ2n) is 3.15. The molecule has 1 aromatic rings. The number of ether oxygens (including phenoxy) is 1. The van der Waals surface area contributed by atoms with Gasteiger partial charge in [-0.1, -0.05) is 23.7 Å². The van der Waals surface area contributed by atoms with E-state index < -0.39 is 19.1 Å². The van der Waals surface area contributed by atoms with Gasteiger partial charge in [0.05, 0.1) is 13.0 Å². The molecule has 93 valence electrons. The number of alkyl halides is 2. The molecule has 0 aromatic heterocycles. The largest absolute Gasteiger partial charge is 0.352 e. The van der Waals surface area contributed by atoms with Crippen LogP contribution in [0, 0.1) is 6.42 Å². The molecule has 0 aliphatic rings. The van der Waals surface area contributed by atoms with Crippen LogP contribution in [0.25, 0.3) is 0 Å². The van der Waals surface area contributed by atoms with Gasteiger partial charge >= 0.3 is 6.61 Å². The van der Waals surface area contributed by atoms with Crippen LogP contribution in [0.15, 0.2) is 24.3 Å². The number of carbonyl (C=O) groups excluding carboxylic acids is 1.